The number of anilines is 1. The molecule has 3 aromatic heterocycles. The van der Waals surface area contributed by atoms with Crippen molar-refractivity contribution < 1.29 is 18.0 Å². The van der Waals surface area contributed by atoms with E-state index < -0.39 is 23.5 Å². The first-order chi connectivity index (χ1) is 22.0. The second-order valence-corrected chi connectivity index (χ2v) is 11.4. The average Bonchev–Trinajstić information content (AvgIpc) is 3.54. The Morgan fingerprint density at radius 2 is 1.87 bits per heavy atom. The summed E-state index contributed by atoms with van der Waals surface area (Å²) in [6.45, 7) is 1.82. The van der Waals surface area contributed by atoms with Gasteiger partial charge in [0.2, 0.25) is 5.91 Å². The smallest absolute Gasteiger partial charge is 0.325 e. The maximum Gasteiger partial charge on any atom is 0.436 e. The van der Waals surface area contributed by atoms with Gasteiger partial charge in [-0.25, -0.2) is 9.67 Å². The molecule has 1 aliphatic rings. The molecule has 2 atom stereocenters. The predicted octanol–water partition coefficient (Wildman–Crippen LogP) is 6.44. The summed E-state index contributed by atoms with van der Waals surface area (Å²) in [4.78, 5) is 35.7. The lowest BCUT2D eigenvalue weighted by Gasteiger charge is -2.23. The Hall–Kier alpha value is -5.35. The number of carbonyl (C=O) groups excluding carboxylic acids is 1. The lowest BCUT2D eigenvalue weighted by atomic mass is 9.93. The maximum absolute atomic E-state index is 13.7. The van der Waals surface area contributed by atoms with Crippen LogP contribution in [0, 0.1) is 17.2 Å². The Bertz CT molecular complexity index is 2070. The molecule has 2 bridgehead atoms. The van der Waals surface area contributed by atoms with Crippen LogP contribution in [0.25, 0.3) is 28.1 Å². The Kier molecular flexibility index (Phi) is 8.14. The molecule has 1 amide bonds. The molecule has 0 radical (unpaired) electrons. The lowest BCUT2D eigenvalue weighted by molar-refractivity contribution is -0.141. The van der Waals surface area contributed by atoms with Gasteiger partial charge in [-0.15, -0.1) is 5.10 Å². The minimum Gasteiger partial charge on any atom is -0.325 e. The van der Waals surface area contributed by atoms with E-state index in [-0.39, 0.29) is 33.8 Å². The largest absolute Gasteiger partial charge is 0.436 e. The highest BCUT2D eigenvalue weighted by atomic mass is 35.5. The molecule has 4 heterocycles. The molecule has 0 saturated carbocycles. The molecule has 1 N–H and O–H groups in total. The first kappa shape index (κ1) is 30.7. The van der Waals surface area contributed by atoms with E-state index in [9.17, 15) is 28.0 Å². The standard InChI is InChI=1S/C32H24ClF3N8O2/c1-18-3-2-4-27(21-10-20(14-38-15-21)23-7-5-19(13-37)9-26(23)40-31(18)46)43-17-39-25(12-30(43)45)24-11-22(33)6-8-28(24)44-16-29(41-42-44)32(34,35)36/h5-12,14-18,27H,2-4H2,1H3,(H,40,46). The van der Waals surface area contributed by atoms with Gasteiger partial charge >= 0.3 is 6.18 Å². The van der Waals surface area contributed by atoms with Crippen LogP contribution in [-0.2, 0) is 11.0 Å². The Morgan fingerprint density at radius 1 is 1.04 bits per heavy atom. The Balaban J connectivity index is 1.42. The average molecular weight is 645 g/mol. The van der Waals surface area contributed by atoms with E-state index in [1.165, 1.54) is 35.2 Å². The molecule has 46 heavy (non-hydrogen) atoms. The van der Waals surface area contributed by atoms with Gasteiger partial charge in [-0.1, -0.05) is 36.2 Å². The molecule has 1 aliphatic heterocycles. The molecule has 10 nitrogen and oxygen atoms in total. The number of hydrogen-bond acceptors (Lipinski definition) is 7. The van der Waals surface area contributed by atoms with Gasteiger partial charge in [0.05, 0.1) is 41.6 Å². The maximum atomic E-state index is 13.7. The number of nitriles is 1. The molecule has 2 unspecified atom stereocenters. The van der Waals surface area contributed by atoms with Crippen LogP contribution in [0.5, 0.6) is 0 Å². The zero-order valence-electron chi connectivity index (χ0n) is 24.2. The number of rotatable bonds is 3. The van der Waals surface area contributed by atoms with E-state index >= 15 is 0 Å². The molecular formula is C32H24ClF3N8O2. The van der Waals surface area contributed by atoms with Gasteiger partial charge in [0, 0.05) is 51.8 Å². The minimum absolute atomic E-state index is 0.176. The van der Waals surface area contributed by atoms with Gasteiger partial charge in [0.1, 0.15) is 0 Å². The Morgan fingerprint density at radius 3 is 2.61 bits per heavy atom. The number of amides is 1. The van der Waals surface area contributed by atoms with Crippen LogP contribution < -0.4 is 10.9 Å². The van der Waals surface area contributed by atoms with Crippen molar-refractivity contribution in [2.75, 3.05) is 5.32 Å². The summed E-state index contributed by atoms with van der Waals surface area (Å²) in [7, 11) is 0. The third kappa shape index (κ3) is 6.12. The summed E-state index contributed by atoms with van der Waals surface area (Å²) >= 11 is 6.24. The van der Waals surface area contributed by atoms with Gasteiger partial charge in [0.15, 0.2) is 5.69 Å². The molecule has 14 heteroatoms. The zero-order chi connectivity index (χ0) is 32.6. The number of aromatic nitrogens is 6. The number of fused-ring (bicyclic) bond motifs is 4. The number of hydrogen-bond donors (Lipinski definition) is 1. The van der Waals surface area contributed by atoms with Crippen LogP contribution >= 0.6 is 11.6 Å². The summed E-state index contributed by atoms with van der Waals surface area (Å²) in [6, 6.07) is 14.3. The second-order valence-electron chi connectivity index (χ2n) is 10.9. The van der Waals surface area contributed by atoms with Gasteiger partial charge in [0.25, 0.3) is 5.56 Å². The fourth-order valence-electron chi connectivity index (χ4n) is 5.44. The molecular weight excluding hydrogens is 621 g/mol. The molecule has 6 rings (SSSR count). The fraction of sp³-hybridized carbons (Fsp3) is 0.219. The highest BCUT2D eigenvalue weighted by Crippen LogP contribution is 2.35. The van der Waals surface area contributed by atoms with Gasteiger partial charge in [-0.3, -0.25) is 19.1 Å². The molecule has 5 aromatic rings. The Labute approximate surface area is 265 Å². The van der Waals surface area contributed by atoms with Crippen LogP contribution in [0.2, 0.25) is 5.02 Å². The first-order valence-corrected chi connectivity index (χ1v) is 14.6. The second kappa shape index (κ2) is 12.2. The van der Waals surface area contributed by atoms with Crippen LogP contribution in [0.1, 0.15) is 49.0 Å². The zero-order valence-corrected chi connectivity index (χ0v) is 24.9. The van der Waals surface area contributed by atoms with E-state index in [0.29, 0.717) is 41.6 Å². The minimum atomic E-state index is -4.69. The van der Waals surface area contributed by atoms with Crippen molar-refractivity contribution in [2.24, 2.45) is 5.92 Å². The van der Waals surface area contributed by atoms with Crippen molar-refractivity contribution >= 4 is 23.2 Å². The number of nitrogens with zero attached hydrogens (tertiary/aromatic N) is 7. The number of carbonyl (C=O) groups is 1. The highest BCUT2D eigenvalue weighted by molar-refractivity contribution is 6.31. The number of halogens is 4. The van der Waals surface area contributed by atoms with Crippen molar-refractivity contribution in [2.45, 2.75) is 38.4 Å². The van der Waals surface area contributed by atoms with Crippen LogP contribution in [0.3, 0.4) is 0 Å². The van der Waals surface area contributed by atoms with Gasteiger partial charge in [-0.2, -0.15) is 18.4 Å². The van der Waals surface area contributed by atoms with Gasteiger partial charge < -0.3 is 5.32 Å². The summed E-state index contributed by atoms with van der Waals surface area (Å²) in [5.74, 6) is -0.531. The normalized spacial score (nSPS) is 16.8. The molecule has 0 fully saturated rings. The van der Waals surface area contributed by atoms with E-state index in [1.54, 1.807) is 30.6 Å². The molecule has 0 spiro atoms. The van der Waals surface area contributed by atoms with Crippen molar-refractivity contribution in [1.29, 1.82) is 5.26 Å². The third-order valence-electron chi connectivity index (χ3n) is 7.86. The SMILES string of the molecule is CC1CCCC(n2cnc(-c3cc(Cl)ccc3-n3cc(C(F)(F)F)nn3)cc2=O)c2cncc(c2)-c2ccc(C#N)cc2NC1=O. The van der Waals surface area contributed by atoms with Crippen molar-refractivity contribution in [1.82, 2.24) is 29.5 Å². The molecule has 2 aromatic carbocycles. The molecule has 232 valence electrons. The van der Waals surface area contributed by atoms with Crippen LogP contribution in [-0.4, -0.2) is 35.4 Å². The number of nitrogens with one attached hydrogen (secondary N) is 1. The summed E-state index contributed by atoms with van der Waals surface area (Å²) < 4.78 is 42.1. The van der Waals surface area contributed by atoms with Crippen molar-refractivity contribution in [3.63, 3.8) is 0 Å². The lowest BCUT2D eigenvalue weighted by Crippen LogP contribution is -2.26. The molecule has 0 saturated heterocycles. The quantitative estimate of drug-likeness (QED) is 0.239. The number of pyridine rings is 1. The van der Waals surface area contributed by atoms with Crippen molar-refractivity contribution in [3.8, 4) is 34.1 Å². The highest BCUT2D eigenvalue weighted by Gasteiger charge is 2.35. The van der Waals surface area contributed by atoms with Gasteiger partial charge in [-0.05, 0) is 54.8 Å². The van der Waals surface area contributed by atoms with E-state index in [2.05, 4.69) is 31.7 Å². The van der Waals surface area contributed by atoms with Crippen molar-refractivity contribution in [3.05, 3.63) is 106 Å². The number of benzene rings is 2. The summed E-state index contributed by atoms with van der Waals surface area (Å²) in [5.41, 5.74) is 2.04. The summed E-state index contributed by atoms with van der Waals surface area (Å²) in [6.07, 6.45) is 2.38. The van der Waals surface area contributed by atoms with Crippen LogP contribution in [0.15, 0.2) is 78.2 Å². The predicted molar refractivity (Wildman–Crippen MR) is 163 cm³/mol. The number of alkyl halides is 3. The van der Waals surface area contributed by atoms with E-state index in [0.717, 1.165) is 16.4 Å². The van der Waals surface area contributed by atoms with E-state index in [1.807, 2.05) is 13.0 Å². The fourth-order valence-corrected chi connectivity index (χ4v) is 5.62. The monoisotopic (exact) mass is 644 g/mol. The van der Waals surface area contributed by atoms with Crippen LogP contribution in [0.4, 0.5) is 18.9 Å². The third-order valence-corrected chi connectivity index (χ3v) is 8.10. The van der Waals surface area contributed by atoms with E-state index in [4.69, 9.17) is 11.6 Å². The summed E-state index contributed by atoms with van der Waals surface area (Å²) in [5, 5.41) is 19.5. The topological polar surface area (TPSA) is 131 Å². The molecule has 0 aliphatic carbocycles. The first-order valence-electron chi connectivity index (χ1n) is 14.2.